The number of imidazole rings is 1. The molecule has 0 bridgehead atoms. The maximum Gasteiger partial charge on any atom is 0.287 e. The van der Waals surface area contributed by atoms with Crippen molar-refractivity contribution >= 4 is 16.8 Å². The second kappa shape index (κ2) is 5.31. The van der Waals surface area contributed by atoms with Gasteiger partial charge in [-0.15, -0.1) is 0 Å². The van der Waals surface area contributed by atoms with Crippen LogP contribution >= 0.6 is 11.6 Å². The van der Waals surface area contributed by atoms with Crippen LogP contribution in [-0.2, 0) is 0 Å². The Hall–Kier alpha value is -2.39. The third-order valence-electron chi connectivity index (χ3n) is 3.00. The van der Waals surface area contributed by atoms with E-state index in [1.807, 2.05) is 60.7 Å². The van der Waals surface area contributed by atoms with Crippen LogP contribution in [0.4, 0.5) is 0 Å². The van der Waals surface area contributed by atoms with Crippen molar-refractivity contribution in [3.8, 4) is 22.5 Å². The van der Waals surface area contributed by atoms with Crippen LogP contribution in [0.3, 0.4) is 0 Å². The largest absolute Gasteiger partial charge is 0.334 e. The lowest BCUT2D eigenvalue weighted by Crippen LogP contribution is -1.91. The predicted molar refractivity (Wildman–Crippen MR) is 79.6 cm³/mol. The summed E-state index contributed by atoms with van der Waals surface area (Å²) in [6, 6.07) is 19.4. The molecule has 1 aromatic heterocycles. The summed E-state index contributed by atoms with van der Waals surface area (Å²) in [6.07, 6.45) is 0. The Kier molecular flexibility index (Phi) is 3.35. The fraction of sp³-hybridized carbons (Fsp3) is 0. The highest BCUT2D eigenvalue weighted by molar-refractivity contribution is 6.67. The number of nitrogens with one attached hydrogen (secondary N) is 1. The third kappa shape index (κ3) is 2.36. The van der Waals surface area contributed by atoms with Crippen LogP contribution in [0.5, 0.6) is 0 Å². The quantitative estimate of drug-likeness (QED) is 0.734. The van der Waals surface area contributed by atoms with Crippen molar-refractivity contribution in [2.75, 3.05) is 0 Å². The van der Waals surface area contributed by atoms with Gasteiger partial charge < -0.3 is 4.98 Å². The number of H-pyrrole nitrogens is 1. The first-order chi connectivity index (χ1) is 9.75. The molecule has 0 radical (unpaired) electrons. The highest BCUT2D eigenvalue weighted by atomic mass is 35.5. The minimum Gasteiger partial charge on any atom is -0.334 e. The highest BCUT2D eigenvalue weighted by Crippen LogP contribution is 2.30. The van der Waals surface area contributed by atoms with E-state index >= 15 is 0 Å². The lowest BCUT2D eigenvalue weighted by atomic mass is 10.1. The minimum atomic E-state index is -0.593. The molecule has 98 valence electrons. The van der Waals surface area contributed by atoms with Gasteiger partial charge >= 0.3 is 0 Å². The van der Waals surface area contributed by atoms with E-state index in [0.717, 1.165) is 22.5 Å². The standard InChI is InChI=1S/C16H11ClN2O/c17-15(20)16-18-13(11-7-3-1-4-8-11)14(19-16)12-9-5-2-6-10-12/h1-10H,(H,18,19). The summed E-state index contributed by atoms with van der Waals surface area (Å²) >= 11 is 5.53. The average molecular weight is 283 g/mol. The van der Waals surface area contributed by atoms with E-state index in [2.05, 4.69) is 9.97 Å². The van der Waals surface area contributed by atoms with E-state index in [-0.39, 0.29) is 5.82 Å². The smallest absolute Gasteiger partial charge is 0.287 e. The molecule has 0 fully saturated rings. The zero-order valence-corrected chi connectivity index (χ0v) is 11.3. The van der Waals surface area contributed by atoms with Gasteiger partial charge in [-0.1, -0.05) is 60.7 Å². The first-order valence-corrected chi connectivity index (χ1v) is 6.54. The zero-order valence-electron chi connectivity index (χ0n) is 10.5. The van der Waals surface area contributed by atoms with Crippen LogP contribution in [0.1, 0.15) is 10.6 Å². The number of carbonyl (C=O) groups is 1. The number of aromatic nitrogens is 2. The Morgan fingerprint density at radius 2 is 1.45 bits per heavy atom. The Balaban J connectivity index is 2.20. The Labute approximate surface area is 121 Å². The predicted octanol–water partition coefficient (Wildman–Crippen LogP) is 4.12. The van der Waals surface area contributed by atoms with Crippen molar-refractivity contribution in [1.29, 1.82) is 0 Å². The molecule has 20 heavy (non-hydrogen) atoms. The van der Waals surface area contributed by atoms with Gasteiger partial charge in [0.25, 0.3) is 5.24 Å². The summed E-state index contributed by atoms with van der Waals surface area (Å²) in [6.45, 7) is 0. The van der Waals surface area contributed by atoms with Crippen molar-refractivity contribution < 1.29 is 4.79 Å². The molecule has 0 amide bonds. The molecule has 0 atom stereocenters. The lowest BCUT2D eigenvalue weighted by molar-refractivity contribution is 0.107. The highest BCUT2D eigenvalue weighted by Gasteiger charge is 2.16. The van der Waals surface area contributed by atoms with Crippen LogP contribution in [-0.4, -0.2) is 15.2 Å². The second-order valence-corrected chi connectivity index (χ2v) is 4.66. The maximum atomic E-state index is 11.3. The summed E-state index contributed by atoms with van der Waals surface area (Å²) in [5, 5.41) is -0.593. The normalized spacial score (nSPS) is 10.4. The Bertz CT molecular complexity index is 679. The number of hydrogen-bond donors (Lipinski definition) is 1. The van der Waals surface area contributed by atoms with Crippen LogP contribution in [0.2, 0.25) is 0 Å². The molecular weight excluding hydrogens is 272 g/mol. The molecule has 0 aliphatic rings. The van der Waals surface area contributed by atoms with Gasteiger partial charge in [0.1, 0.15) is 0 Å². The summed E-state index contributed by atoms with van der Waals surface area (Å²) in [5.41, 5.74) is 3.41. The number of nitrogens with zero attached hydrogens (tertiary/aromatic N) is 1. The average Bonchev–Trinajstić information content (AvgIpc) is 2.94. The van der Waals surface area contributed by atoms with E-state index in [1.165, 1.54) is 0 Å². The molecule has 2 aromatic carbocycles. The molecule has 0 saturated carbocycles. The molecule has 1 N–H and O–H groups in total. The molecule has 3 rings (SSSR count). The zero-order chi connectivity index (χ0) is 13.9. The van der Waals surface area contributed by atoms with E-state index in [4.69, 9.17) is 11.6 Å². The second-order valence-electron chi connectivity index (χ2n) is 4.31. The van der Waals surface area contributed by atoms with Crippen molar-refractivity contribution in [2.24, 2.45) is 0 Å². The Morgan fingerprint density at radius 3 is 2.00 bits per heavy atom. The van der Waals surface area contributed by atoms with Gasteiger partial charge in [0.15, 0.2) is 5.82 Å². The third-order valence-corrected chi connectivity index (χ3v) is 3.18. The number of benzene rings is 2. The number of aromatic amines is 1. The van der Waals surface area contributed by atoms with Crippen molar-refractivity contribution in [3.05, 3.63) is 66.5 Å². The van der Waals surface area contributed by atoms with E-state index < -0.39 is 5.24 Å². The molecule has 3 nitrogen and oxygen atoms in total. The summed E-state index contributed by atoms with van der Waals surface area (Å²) in [5.74, 6) is 0.157. The fourth-order valence-corrected chi connectivity index (χ4v) is 2.17. The molecule has 0 aliphatic carbocycles. The van der Waals surface area contributed by atoms with Gasteiger partial charge in [0.05, 0.1) is 11.4 Å². The molecule has 0 unspecified atom stereocenters. The molecule has 1 heterocycles. The summed E-state index contributed by atoms with van der Waals surface area (Å²) in [7, 11) is 0. The van der Waals surface area contributed by atoms with E-state index in [0.29, 0.717) is 0 Å². The maximum absolute atomic E-state index is 11.3. The van der Waals surface area contributed by atoms with Gasteiger partial charge in [-0.3, -0.25) is 4.79 Å². The minimum absolute atomic E-state index is 0.157. The molecule has 4 heteroatoms. The van der Waals surface area contributed by atoms with Gasteiger partial charge in [-0.2, -0.15) is 0 Å². The number of hydrogen-bond acceptors (Lipinski definition) is 2. The van der Waals surface area contributed by atoms with Gasteiger partial charge in [-0.25, -0.2) is 4.98 Å². The number of halogens is 1. The van der Waals surface area contributed by atoms with Crippen molar-refractivity contribution in [3.63, 3.8) is 0 Å². The van der Waals surface area contributed by atoms with Gasteiger partial charge in [0.2, 0.25) is 0 Å². The van der Waals surface area contributed by atoms with Gasteiger partial charge in [-0.05, 0) is 11.6 Å². The molecule has 0 spiro atoms. The summed E-state index contributed by atoms with van der Waals surface area (Å²) in [4.78, 5) is 18.7. The summed E-state index contributed by atoms with van der Waals surface area (Å²) < 4.78 is 0. The van der Waals surface area contributed by atoms with Crippen LogP contribution in [0.15, 0.2) is 60.7 Å². The molecule has 3 aromatic rings. The molecular formula is C16H11ClN2O. The molecule has 0 aliphatic heterocycles. The van der Waals surface area contributed by atoms with E-state index in [9.17, 15) is 4.79 Å². The molecule has 0 saturated heterocycles. The van der Waals surface area contributed by atoms with Crippen molar-refractivity contribution in [2.45, 2.75) is 0 Å². The van der Waals surface area contributed by atoms with Crippen LogP contribution < -0.4 is 0 Å². The lowest BCUT2D eigenvalue weighted by Gasteiger charge is -2.02. The SMILES string of the molecule is O=C(Cl)c1nc(-c2ccccc2)c(-c2ccccc2)[nH]1. The van der Waals surface area contributed by atoms with Gasteiger partial charge in [0, 0.05) is 11.1 Å². The van der Waals surface area contributed by atoms with E-state index in [1.54, 1.807) is 0 Å². The van der Waals surface area contributed by atoms with Crippen LogP contribution in [0, 0.1) is 0 Å². The fourth-order valence-electron chi connectivity index (χ4n) is 2.08. The number of rotatable bonds is 3. The van der Waals surface area contributed by atoms with Crippen molar-refractivity contribution in [1.82, 2.24) is 9.97 Å². The van der Waals surface area contributed by atoms with Crippen LogP contribution in [0.25, 0.3) is 22.5 Å². The Morgan fingerprint density at radius 1 is 0.900 bits per heavy atom. The topological polar surface area (TPSA) is 45.8 Å². The first kappa shape index (κ1) is 12.6. The monoisotopic (exact) mass is 282 g/mol. The first-order valence-electron chi connectivity index (χ1n) is 6.16. The number of carbonyl (C=O) groups excluding carboxylic acids is 1.